The van der Waals surface area contributed by atoms with Crippen molar-refractivity contribution in [3.05, 3.63) is 51.7 Å². The van der Waals surface area contributed by atoms with Crippen LogP contribution in [0, 0.1) is 18.3 Å². The standard InChI is InChI=1S/C14H14N2S/c1-10-7-8-14(17-10)11(2)16-13-6-4-3-5-12(13)9-15/h3-8,11,16H,1-2H3. The fraction of sp³-hybridized carbons (Fsp3) is 0.214. The number of aryl methyl sites for hydroxylation is 1. The van der Waals surface area contributed by atoms with Crippen LogP contribution in [0.2, 0.25) is 0 Å². The molecule has 1 aromatic carbocycles. The SMILES string of the molecule is Cc1ccc(C(C)Nc2ccccc2C#N)s1. The minimum atomic E-state index is 0.225. The quantitative estimate of drug-likeness (QED) is 0.879. The highest BCUT2D eigenvalue weighted by atomic mass is 32.1. The van der Waals surface area contributed by atoms with Gasteiger partial charge in [0.15, 0.2) is 0 Å². The summed E-state index contributed by atoms with van der Waals surface area (Å²) in [6, 6.07) is 14.3. The van der Waals surface area contributed by atoms with Crippen molar-refractivity contribution in [2.45, 2.75) is 19.9 Å². The lowest BCUT2D eigenvalue weighted by molar-refractivity contribution is 0.907. The summed E-state index contributed by atoms with van der Waals surface area (Å²) in [5.74, 6) is 0. The van der Waals surface area contributed by atoms with Crippen molar-refractivity contribution < 1.29 is 0 Å². The third-order valence-corrected chi connectivity index (χ3v) is 3.79. The van der Waals surface area contributed by atoms with E-state index in [4.69, 9.17) is 5.26 Å². The van der Waals surface area contributed by atoms with E-state index in [2.05, 4.69) is 37.4 Å². The number of rotatable bonds is 3. The summed E-state index contributed by atoms with van der Waals surface area (Å²) in [5, 5.41) is 12.4. The number of para-hydroxylation sites is 1. The van der Waals surface area contributed by atoms with Gasteiger partial charge >= 0.3 is 0 Å². The van der Waals surface area contributed by atoms with Crippen LogP contribution < -0.4 is 5.32 Å². The molecule has 0 fully saturated rings. The molecule has 0 saturated heterocycles. The van der Waals surface area contributed by atoms with E-state index in [0.717, 1.165) is 5.69 Å². The highest BCUT2D eigenvalue weighted by Gasteiger charge is 2.09. The number of benzene rings is 1. The zero-order chi connectivity index (χ0) is 12.3. The molecule has 2 rings (SSSR count). The van der Waals surface area contributed by atoms with Gasteiger partial charge < -0.3 is 5.32 Å². The minimum absolute atomic E-state index is 0.225. The Hall–Kier alpha value is -1.79. The molecule has 0 aliphatic carbocycles. The summed E-state index contributed by atoms with van der Waals surface area (Å²) in [6.07, 6.45) is 0. The molecule has 17 heavy (non-hydrogen) atoms. The largest absolute Gasteiger partial charge is 0.377 e. The number of anilines is 1. The van der Waals surface area contributed by atoms with Crippen LogP contribution in [0.1, 0.15) is 28.3 Å². The Bertz CT molecular complexity index is 551. The van der Waals surface area contributed by atoms with E-state index in [0.29, 0.717) is 5.56 Å². The Morgan fingerprint density at radius 2 is 2.00 bits per heavy atom. The highest BCUT2D eigenvalue weighted by Crippen LogP contribution is 2.26. The van der Waals surface area contributed by atoms with E-state index in [9.17, 15) is 0 Å². The van der Waals surface area contributed by atoms with Crippen molar-refractivity contribution in [2.75, 3.05) is 5.32 Å². The Labute approximate surface area is 106 Å². The summed E-state index contributed by atoms with van der Waals surface area (Å²) in [6.45, 7) is 4.21. The van der Waals surface area contributed by atoms with Gasteiger partial charge in [-0.2, -0.15) is 5.26 Å². The predicted molar refractivity (Wildman–Crippen MR) is 72.3 cm³/mol. The van der Waals surface area contributed by atoms with Crippen LogP contribution in [0.25, 0.3) is 0 Å². The first-order valence-corrected chi connectivity index (χ1v) is 6.34. The maximum absolute atomic E-state index is 9.02. The second-order valence-electron chi connectivity index (χ2n) is 3.97. The van der Waals surface area contributed by atoms with E-state index >= 15 is 0 Å². The number of nitrogens with one attached hydrogen (secondary N) is 1. The van der Waals surface area contributed by atoms with E-state index in [1.807, 2.05) is 24.3 Å². The topological polar surface area (TPSA) is 35.8 Å². The summed E-state index contributed by atoms with van der Waals surface area (Å²) >= 11 is 1.78. The number of hydrogen-bond donors (Lipinski definition) is 1. The molecule has 1 aromatic heterocycles. The molecule has 1 heterocycles. The maximum atomic E-state index is 9.02. The van der Waals surface area contributed by atoms with Gasteiger partial charge in [-0.3, -0.25) is 0 Å². The van der Waals surface area contributed by atoms with Gasteiger partial charge in [0.05, 0.1) is 17.3 Å². The van der Waals surface area contributed by atoms with Gasteiger partial charge in [0.2, 0.25) is 0 Å². The number of thiophene rings is 1. The Morgan fingerprint density at radius 1 is 1.24 bits per heavy atom. The van der Waals surface area contributed by atoms with Crippen LogP contribution in [0.3, 0.4) is 0 Å². The van der Waals surface area contributed by atoms with Crippen LogP contribution in [-0.2, 0) is 0 Å². The summed E-state index contributed by atoms with van der Waals surface area (Å²) in [7, 11) is 0. The van der Waals surface area contributed by atoms with Crippen LogP contribution in [0.4, 0.5) is 5.69 Å². The van der Waals surface area contributed by atoms with Crippen molar-refractivity contribution in [2.24, 2.45) is 0 Å². The summed E-state index contributed by atoms with van der Waals surface area (Å²) < 4.78 is 0. The number of hydrogen-bond acceptors (Lipinski definition) is 3. The molecule has 2 aromatic rings. The molecule has 3 heteroatoms. The molecule has 0 spiro atoms. The average molecular weight is 242 g/mol. The van der Waals surface area contributed by atoms with E-state index in [-0.39, 0.29) is 6.04 Å². The van der Waals surface area contributed by atoms with Crippen LogP contribution in [0.5, 0.6) is 0 Å². The normalized spacial score (nSPS) is 11.8. The van der Waals surface area contributed by atoms with Crippen LogP contribution in [0.15, 0.2) is 36.4 Å². The molecule has 0 aliphatic rings. The van der Waals surface area contributed by atoms with Gasteiger partial charge in [-0.25, -0.2) is 0 Å². The first-order valence-electron chi connectivity index (χ1n) is 5.52. The van der Waals surface area contributed by atoms with Crippen molar-refractivity contribution >= 4 is 17.0 Å². The van der Waals surface area contributed by atoms with Gasteiger partial charge in [-0.15, -0.1) is 11.3 Å². The van der Waals surface area contributed by atoms with E-state index in [1.165, 1.54) is 9.75 Å². The zero-order valence-corrected chi connectivity index (χ0v) is 10.7. The molecule has 86 valence electrons. The molecule has 1 N–H and O–H groups in total. The fourth-order valence-electron chi connectivity index (χ4n) is 1.70. The molecule has 1 atom stereocenters. The third-order valence-electron chi connectivity index (χ3n) is 2.61. The highest BCUT2D eigenvalue weighted by molar-refractivity contribution is 7.12. The molecule has 0 amide bonds. The summed E-state index contributed by atoms with van der Waals surface area (Å²) in [4.78, 5) is 2.59. The predicted octanol–water partition coefficient (Wildman–Crippen LogP) is 4.10. The number of nitriles is 1. The van der Waals surface area contributed by atoms with Crippen LogP contribution >= 0.6 is 11.3 Å². The van der Waals surface area contributed by atoms with Crippen LogP contribution in [-0.4, -0.2) is 0 Å². The maximum Gasteiger partial charge on any atom is 0.101 e. The Morgan fingerprint density at radius 3 is 2.65 bits per heavy atom. The average Bonchev–Trinajstić information content (AvgIpc) is 2.77. The van der Waals surface area contributed by atoms with Gasteiger partial charge in [-0.1, -0.05) is 12.1 Å². The first-order chi connectivity index (χ1) is 8.20. The lowest BCUT2D eigenvalue weighted by atomic mass is 10.1. The smallest absolute Gasteiger partial charge is 0.101 e. The lowest BCUT2D eigenvalue weighted by Gasteiger charge is -2.14. The van der Waals surface area contributed by atoms with Crippen molar-refractivity contribution in [1.29, 1.82) is 5.26 Å². The first kappa shape index (κ1) is 11.7. The second-order valence-corrected chi connectivity index (χ2v) is 5.29. The third kappa shape index (κ3) is 2.66. The molecule has 0 bridgehead atoms. The van der Waals surface area contributed by atoms with Gasteiger partial charge in [-0.05, 0) is 38.1 Å². The van der Waals surface area contributed by atoms with Crippen molar-refractivity contribution in [3.8, 4) is 6.07 Å². The molecular formula is C14H14N2S. The summed E-state index contributed by atoms with van der Waals surface area (Å²) in [5.41, 5.74) is 1.58. The Balaban J connectivity index is 2.19. The lowest BCUT2D eigenvalue weighted by Crippen LogP contribution is -2.05. The van der Waals surface area contributed by atoms with E-state index in [1.54, 1.807) is 11.3 Å². The number of nitrogens with zero attached hydrogens (tertiary/aromatic N) is 1. The van der Waals surface area contributed by atoms with Gasteiger partial charge in [0.1, 0.15) is 6.07 Å². The Kier molecular flexibility index (Phi) is 3.46. The van der Waals surface area contributed by atoms with Crippen molar-refractivity contribution in [3.63, 3.8) is 0 Å². The molecule has 1 unspecified atom stereocenters. The monoisotopic (exact) mass is 242 g/mol. The molecule has 0 saturated carbocycles. The van der Waals surface area contributed by atoms with Gasteiger partial charge in [0, 0.05) is 9.75 Å². The fourth-order valence-corrected chi connectivity index (χ4v) is 2.58. The zero-order valence-electron chi connectivity index (χ0n) is 9.90. The van der Waals surface area contributed by atoms with Crippen molar-refractivity contribution in [1.82, 2.24) is 0 Å². The molecular weight excluding hydrogens is 228 g/mol. The second kappa shape index (κ2) is 5.03. The minimum Gasteiger partial charge on any atom is -0.377 e. The van der Waals surface area contributed by atoms with Gasteiger partial charge in [0.25, 0.3) is 0 Å². The molecule has 2 nitrogen and oxygen atoms in total. The van der Waals surface area contributed by atoms with E-state index < -0.39 is 0 Å². The molecule has 0 radical (unpaired) electrons. The molecule has 0 aliphatic heterocycles.